The maximum atomic E-state index is 13.4. The summed E-state index contributed by atoms with van der Waals surface area (Å²) in [6, 6.07) is 57.5. The number of piperazine rings is 2. The Morgan fingerprint density at radius 1 is 0.503 bits per heavy atom. The van der Waals surface area contributed by atoms with Crippen LogP contribution in [0.2, 0.25) is 0 Å². The summed E-state index contributed by atoms with van der Waals surface area (Å²) in [6.45, 7) is 6.57. The van der Waals surface area contributed by atoms with Gasteiger partial charge in [0.1, 0.15) is 36.8 Å². The molecular weight excluding hydrogens is 1970 g/mol. The van der Waals surface area contributed by atoms with Crippen LogP contribution in [0.4, 0.5) is 21.0 Å². The van der Waals surface area contributed by atoms with Gasteiger partial charge in [-0.25, -0.2) is 24.0 Å². The molecule has 35 heteroatoms. The predicted octanol–water partition coefficient (Wildman–Crippen LogP) is 16.0. The Morgan fingerprint density at radius 3 is 1.70 bits per heavy atom. The number of benzene rings is 8. The largest absolute Gasteiger partial charge is 0.496 e. The van der Waals surface area contributed by atoms with Crippen molar-refractivity contribution in [2.24, 2.45) is 11.8 Å². The second-order valence-corrected chi connectivity index (χ2v) is 41.0. The van der Waals surface area contributed by atoms with E-state index < -0.39 is 47.7 Å². The van der Waals surface area contributed by atoms with Crippen molar-refractivity contribution in [3.05, 3.63) is 280 Å². The number of carboxylic acid groups (broad SMARTS) is 3. The van der Waals surface area contributed by atoms with Crippen molar-refractivity contribution in [3.63, 3.8) is 0 Å². The number of carbonyl (C=O) groups excluding carboxylic acids is 8. The molecule has 149 heavy (non-hydrogen) atoms. The van der Waals surface area contributed by atoms with Crippen molar-refractivity contribution < 1.29 is 96.5 Å². The Labute approximate surface area is 888 Å². The Balaban J connectivity index is 0.000000257. The van der Waals surface area contributed by atoms with Gasteiger partial charge in [0.05, 0.1) is 76.2 Å². The number of amides is 8. The van der Waals surface area contributed by atoms with Crippen LogP contribution in [0.25, 0.3) is 22.8 Å². The number of ether oxygens (including phenoxy) is 6. The van der Waals surface area contributed by atoms with Crippen molar-refractivity contribution in [2.75, 3.05) is 163 Å². The summed E-state index contributed by atoms with van der Waals surface area (Å²) in [4.78, 5) is 153. The van der Waals surface area contributed by atoms with Gasteiger partial charge in [0.2, 0.25) is 11.8 Å². The topological polar surface area (TPSA) is 401 Å². The number of urea groups is 2. The van der Waals surface area contributed by atoms with Crippen molar-refractivity contribution in [3.8, 4) is 22.6 Å². The number of allylic oxidation sites excluding steroid dienone is 4. The van der Waals surface area contributed by atoms with Gasteiger partial charge in [-0.15, -0.1) is 35.3 Å². The van der Waals surface area contributed by atoms with Gasteiger partial charge >= 0.3 is 30.0 Å². The zero-order valence-electron chi connectivity index (χ0n) is 84.7. The van der Waals surface area contributed by atoms with Crippen LogP contribution in [0.3, 0.4) is 0 Å². The van der Waals surface area contributed by atoms with E-state index in [1.165, 1.54) is 30.7 Å². The number of thioether (sulfide) groups is 3. The molecular formula is C114H135N11O20S4. The van der Waals surface area contributed by atoms with Crippen molar-refractivity contribution >= 4 is 135 Å². The van der Waals surface area contributed by atoms with Crippen molar-refractivity contribution in [1.29, 1.82) is 0 Å². The Morgan fingerprint density at radius 2 is 1.07 bits per heavy atom. The number of anilines is 2. The summed E-state index contributed by atoms with van der Waals surface area (Å²) in [7, 11) is 3.12. The first kappa shape index (κ1) is 113. The van der Waals surface area contributed by atoms with E-state index in [-0.39, 0.29) is 126 Å². The zero-order chi connectivity index (χ0) is 105. The van der Waals surface area contributed by atoms with Crippen LogP contribution in [0.15, 0.2) is 250 Å². The van der Waals surface area contributed by atoms with Crippen LogP contribution >= 0.6 is 47.0 Å². The second kappa shape index (κ2) is 59.5. The van der Waals surface area contributed by atoms with E-state index in [0.29, 0.717) is 159 Å². The molecule has 8 aromatic carbocycles. The molecule has 3 saturated heterocycles. The third-order valence-electron chi connectivity index (χ3n) is 26.8. The third kappa shape index (κ3) is 34.6. The SMILES string of the molecule is COc1cc(-c2ccc(Nc3ccccc3C(=O)NCC(=O)CCCOCCOCC(=O)NC(CCCCNC(=O)N3CCN(C4Cc5ccccc5Sc5ccc(SC)cc54)CC3)C(=O)O)c(OC)c2)ccc1Cc1ccccc1C(=O)O.CSC1=CC2C(C=C1)SC1C=CC=CC1CC2N1CCN(C(=O)NCCCCC(NC(=O)COCCOCCCC(=O)CNC(=O)/C(=C/c2ccccc2)c2ccccc2)C(=O)O)CC1. The standard InChI is InChI=1S/C64H72N6O12S2.C50H63N5O8S2/c1-79-56-37-42(21-22-45(56)35-44-13-4-6-16-49(44)62(74)75)43-23-25-53(57(38-43)80-2)67-52-18-8-7-17-50(52)61(73)66-40-47(71)15-12-32-81-33-34-82-41-60(72)68-54(63(76)77)19-10-11-27-65-64(78)70-30-28-69(29-31-70)55-36-46-14-5-9-20-58(46)84-59-26-24-48(83-3)39-51(55)59;1-64-40-21-22-46-42(33-40)44(32-38-17-8-9-20-45(38)65-46)54-24-26-55(27-25-54)50(61)51-23-11-10-19-43(49(59)60)53-47(57)35-63-30-29-62-28-12-18-39(56)34-52-48(58)41(37-15-6-3-7-16-37)31-36-13-4-2-5-14-36/h4-9,13-14,16-18,20-26,37-39,54-55,67H,10-12,15,19,27-36,40-41H2,1-3H3,(H,65,78)(H,66,73)(H,68,72)(H,74,75)(H,76,77);2-9,13-17,20-22,31,33,38,42-46H,10-12,18-19,23-30,32,34-35H2,1H3,(H,51,61)(H,52,58)(H,53,57)(H,59,60)/b;41-31+. The molecule has 4 aliphatic heterocycles. The number of rotatable bonds is 52. The number of carbonyl (C=O) groups is 11. The molecule has 0 spiro atoms. The number of fused-ring (bicyclic) bond motifs is 4. The lowest BCUT2D eigenvalue weighted by atomic mass is 9.83. The normalized spacial score (nSPS) is 17.7. The highest BCUT2D eigenvalue weighted by Crippen LogP contribution is 2.48. The molecule has 8 aromatic rings. The summed E-state index contributed by atoms with van der Waals surface area (Å²) < 4.78 is 33.4. The second-order valence-electron chi connectivity index (χ2n) is 36.8. The van der Waals surface area contributed by atoms with Crippen LogP contribution in [-0.4, -0.2) is 287 Å². The van der Waals surface area contributed by atoms with Gasteiger partial charge in [-0.3, -0.25) is 38.6 Å². The number of unbranched alkanes of at least 4 members (excludes halogenated alkanes) is 2. The highest BCUT2D eigenvalue weighted by Gasteiger charge is 2.43. The molecule has 790 valence electrons. The first-order chi connectivity index (χ1) is 72.5. The lowest BCUT2D eigenvalue weighted by Gasteiger charge is -2.43. The zero-order valence-corrected chi connectivity index (χ0v) is 87.9. The highest BCUT2D eigenvalue weighted by molar-refractivity contribution is 8.02. The van der Waals surface area contributed by atoms with Gasteiger partial charge in [0, 0.05) is 152 Å². The number of nitrogens with one attached hydrogen (secondary N) is 7. The van der Waals surface area contributed by atoms with Gasteiger partial charge in [-0.05, 0) is 194 Å². The van der Waals surface area contributed by atoms with Gasteiger partial charge < -0.3 is 90.8 Å². The molecule has 8 atom stereocenters. The average Bonchev–Trinajstić information content (AvgIpc) is 1.04. The number of Topliss-reactive ketones (excluding diaryl/α,β-unsaturated/α-hetero) is 2. The minimum atomic E-state index is -1.16. The third-order valence-corrected chi connectivity index (χ3v) is 31.0. The molecule has 10 N–H and O–H groups in total. The molecule has 2 aliphatic carbocycles. The fourth-order valence-corrected chi connectivity index (χ4v) is 22.4. The summed E-state index contributed by atoms with van der Waals surface area (Å²) in [5.41, 5.74) is 9.61. The van der Waals surface area contributed by atoms with Crippen molar-refractivity contribution in [1.82, 2.24) is 51.5 Å². The van der Waals surface area contributed by atoms with E-state index in [1.54, 1.807) is 86.3 Å². The predicted molar refractivity (Wildman–Crippen MR) is 583 cm³/mol. The van der Waals surface area contributed by atoms with E-state index >= 15 is 0 Å². The summed E-state index contributed by atoms with van der Waals surface area (Å²) in [6.07, 6.45) is 28.4. The van der Waals surface area contributed by atoms with E-state index in [0.717, 1.165) is 66.8 Å². The monoisotopic (exact) mass is 2110 g/mol. The molecule has 14 rings (SSSR count). The molecule has 3 fully saturated rings. The molecule has 0 saturated carbocycles. The quantitative estimate of drug-likeness (QED) is 0.00732. The van der Waals surface area contributed by atoms with Gasteiger partial charge in [-0.1, -0.05) is 182 Å². The van der Waals surface area contributed by atoms with Crippen LogP contribution < -0.4 is 46.7 Å². The number of hydrogen-bond donors (Lipinski definition) is 10. The molecule has 31 nitrogen and oxygen atoms in total. The molecule has 0 bridgehead atoms. The number of carboxylic acids is 3. The first-order valence-electron chi connectivity index (χ1n) is 50.7. The van der Waals surface area contributed by atoms with E-state index in [2.05, 4.69) is 156 Å². The van der Waals surface area contributed by atoms with Crippen molar-refractivity contribution in [2.45, 2.75) is 133 Å². The van der Waals surface area contributed by atoms with Gasteiger partial charge in [0.25, 0.3) is 11.8 Å². The molecule has 8 amide bonds. The smallest absolute Gasteiger partial charge is 0.335 e. The van der Waals surface area contributed by atoms with Crippen LogP contribution in [0.1, 0.15) is 131 Å². The number of aromatic carboxylic acids is 1. The molecule has 0 aromatic heterocycles. The number of nitrogens with zero attached hydrogens (tertiary/aromatic N) is 4. The molecule has 0 radical (unpaired) electrons. The first-order valence-corrected chi connectivity index (χ1v) is 54.9. The average molecular weight is 2110 g/mol. The van der Waals surface area contributed by atoms with Gasteiger partial charge in [0.15, 0.2) is 11.6 Å². The maximum absolute atomic E-state index is 13.4. The lowest BCUT2D eigenvalue weighted by molar-refractivity contribution is -0.143. The van der Waals surface area contributed by atoms with E-state index in [1.807, 2.05) is 125 Å². The van der Waals surface area contributed by atoms with E-state index in [9.17, 15) is 68.1 Å². The Hall–Kier alpha value is -12.8. The van der Waals surface area contributed by atoms with Gasteiger partial charge in [-0.2, -0.15) is 0 Å². The summed E-state index contributed by atoms with van der Waals surface area (Å²) in [5, 5.41) is 49.9. The molecule has 6 aliphatic rings. The van der Waals surface area contributed by atoms with Crippen LogP contribution in [0.5, 0.6) is 11.5 Å². The lowest BCUT2D eigenvalue weighted by Crippen LogP contribution is -2.56. The van der Waals surface area contributed by atoms with Crippen LogP contribution in [0, 0.1) is 11.8 Å². The Bertz CT molecular complexity index is 6040. The molecule has 8 unspecified atom stereocenters. The minimum Gasteiger partial charge on any atom is -0.496 e. The number of aliphatic carboxylic acids is 2. The fraction of sp³-hybridized carbons (Fsp3) is 0.395. The summed E-state index contributed by atoms with van der Waals surface area (Å²) in [5.74, 6) is -3.45. The number of methoxy groups -OCH3 is 2. The minimum absolute atomic E-state index is 0.0760. The number of para-hydroxylation sites is 1. The Kier molecular flexibility index (Phi) is 45.3. The highest BCUT2D eigenvalue weighted by atomic mass is 32.2. The maximum Gasteiger partial charge on any atom is 0.335 e. The number of ketones is 2. The number of hydrogen-bond acceptors (Lipinski definition) is 24. The van der Waals surface area contributed by atoms with Crippen LogP contribution in [-0.2, 0) is 65.4 Å². The summed E-state index contributed by atoms with van der Waals surface area (Å²) >= 11 is 7.44. The fourth-order valence-electron chi connectivity index (χ4n) is 18.8. The molecule has 4 heterocycles. The van der Waals surface area contributed by atoms with E-state index in [4.69, 9.17) is 28.4 Å².